The second-order valence-corrected chi connectivity index (χ2v) is 21.2. The topological polar surface area (TPSA) is 105 Å². The smallest absolute Gasteiger partial charge is 0.412 e. The molecule has 2 amide bonds. The number of nitrogens with one attached hydrogen (secondary N) is 1. The molecule has 0 aromatic heterocycles. The van der Waals surface area contributed by atoms with Crippen LogP contribution in [0.2, 0.25) is 18.1 Å². The number of benzene rings is 3. The first-order chi connectivity index (χ1) is 24.3. The van der Waals surface area contributed by atoms with Crippen LogP contribution in [0.4, 0.5) is 9.59 Å². The van der Waals surface area contributed by atoms with E-state index in [9.17, 15) is 9.59 Å². The summed E-state index contributed by atoms with van der Waals surface area (Å²) in [5.74, 6) is 1.76. The Morgan fingerprint density at radius 1 is 0.923 bits per heavy atom. The van der Waals surface area contributed by atoms with Crippen LogP contribution >= 0.6 is 0 Å². The van der Waals surface area contributed by atoms with Crippen LogP contribution in [0.15, 0.2) is 72.8 Å². The van der Waals surface area contributed by atoms with Crippen molar-refractivity contribution in [2.75, 3.05) is 20.3 Å². The van der Waals surface area contributed by atoms with Gasteiger partial charge in [0.25, 0.3) is 0 Å². The van der Waals surface area contributed by atoms with Crippen molar-refractivity contribution < 1.29 is 37.7 Å². The Hall–Kier alpha value is -4.06. The van der Waals surface area contributed by atoms with E-state index in [0.29, 0.717) is 43.3 Å². The lowest BCUT2D eigenvalue weighted by atomic mass is 10.0. The van der Waals surface area contributed by atoms with Crippen LogP contribution in [-0.2, 0) is 38.1 Å². The zero-order valence-corrected chi connectivity index (χ0v) is 33.8. The van der Waals surface area contributed by atoms with Gasteiger partial charge in [-0.05, 0) is 107 Å². The first kappa shape index (κ1) is 40.7. The molecule has 3 aromatic carbocycles. The van der Waals surface area contributed by atoms with Crippen molar-refractivity contribution in [3.63, 3.8) is 0 Å². The third-order valence-electron chi connectivity index (χ3n) is 9.48. The predicted octanol–water partition coefficient (Wildman–Crippen LogP) is 9.26. The number of ether oxygens (including phenoxy) is 5. The Labute approximate surface area is 311 Å². The number of amides is 2. The average Bonchev–Trinajstić information content (AvgIpc) is 3.35. The SMILES string of the molecule is COc1ccc(C[C@H]2COC(C)(C)N2C(=O)OCc2ccccc2)cc1Oc1ccc(C[C@@H](CO[Si](C)(C)C(C)(C)C)NC(=O)OC(C)(C)C)cc1. The van der Waals surface area contributed by atoms with Crippen LogP contribution in [-0.4, -0.2) is 69.1 Å². The molecule has 0 saturated carbocycles. The molecule has 0 unspecified atom stereocenters. The summed E-state index contributed by atoms with van der Waals surface area (Å²) in [5, 5.41) is 3.07. The number of alkyl carbamates (subject to hydrolysis) is 1. The molecule has 4 rings (SSSR count). The maximum atomic E-state index is 13.3. The minimum Gasteiger partial charge on any atom is -0.493 e. The van der Waals surface area contributed by atoms with Gasteiger partial charge >= 0.3 is 12.2 Å². The number of methoxy groups -OCH3 is 1. The van der Waals surface area contributed by atoms with Gasteiger partial charge in [-0.25, -0.2) is 9.59 Å². The molecule has 1 heterocycles. The molecule has 1 fully saturated rings. The largest absolute Gasteiger partial charge is 0.493 e. The van der Waals surface area contributed by atoms with Crippen molar-refractivity contribution in [2.45, 2.75) is 116 Å². The van der Waals surface area contributed by atoms with Gasteiger partial charge in [-0.3, -0.25) is 4.90 Å². The van der Waals surface area contributed by atoms with E-state index in [2.05, 4.69) is 39.2 Å². The summed E-state index contributed by atoms with van der Waals surface area (Å²) in [6.45, 7) is 21.2. The molecule has 10 nitrogen and oxygen atoms in total. The van der Waals surface area contributed by atoms with E-state index in [0.717, 1.165) is 16.7 Å². The number of nitrogens with zero attached hydrogens (tertiary/aromatic N) is 1. The number of hydrogen-bond donors (Lipinski definition) is 1. The van der Waals surface area contributed by atoms with E-state index in [1.165, 1.54) is 0 Å². The second-order valence-electron chi connectivity index (χ2n) is 16.4. The fourth-order valence-corrected chi connectivity index (χ4v) is 6.70. The summed E-state index contributed by atoms with van der Waals surface area (Å²) in [7, 11) is -0.447. The molecule has 2 atom stereocenters. The number of rotatable bonds is 13. The summed E-state index contributed by atoms with van der Waals surface area (Å²) in [4.78, 5) is 27.8. The molecule has 284 valence electrons. The summed E-state index contributed by atoms with van der Waals surface area (Å²) in [6.07, 6.45) is 0.197. The maximum absolute atomic E-state index is 13.3. The van der Waals surface area contributed by atoms with E-state index in [-0.39, 0.29) is 23.7 Å². The molecule has 52 heavy (non-hydrogen) atoms. The van der Waals surface area contributed by atoms with Crippen LogP contribution in [0, 0.1) is 0 Å². The van der Waals surface area contributed by atoms with Crippen LogP contribution in [0.25, 0.3) is 0 Å². The highest BCUT2D eigenvalue weighted by Crippen LogP contribution is 2.37. The Bertz CT molecular complexity index is 1630. The van der Waals surface area contributed by atoms with Gasteiger partial charge in [0.15, 0.2) is 19.8 Å². The monoisotopic (exact) mass is 734 g/mol. The first-order valence-corrected chi connectivity index (χ1v) is 20.9. The second kappa shape index (κ2) is 16.7. The zero-order chi connectivity index (χ0) is 38.3. The van der Waals surface area contributed by atoms with Gasteiger partial charge in [0, 0.05) is 0 Å². The average molecular weight is 735 g/mol. The lowest BCUT2D eigenvalue weighted by Crippen LogP contribution is -2.48. The molecule has 1 aliphatic heterocycles. The quantitative estimate of drug-likeness (QED) is 0.173. The molecular formula is C41H58N2O8Si. The molecule has 3 aromatic rings. The van der Waals surface area contributed by atoms with Crippen LogP contribution in [0.3, 0.4) is 0 Å². The van der Waals surface area contributed by atoms with E-state index < -0.39 is 31.8 Å². The Morgan fingerprint density at radius 3 is 2.19 bits per heavy atom. The van der Waals surface area contributed by atoms with Gasteiger partial charge < -0.3 is 33.4 Å². The van der Waals surface area contributed by atoms with Crippen molar-refractivity contribution in [1.82, 2.24) is 10.2 Å². The zero-order valence-electron chi connectivity index (χ0n) is 32.8. The summed E-state index contributed by atoms with van der Waals surface area (Å²) < 4.78 is 35.8. The molecule has 1 aliphatic rings. The Kier molecular flexibility index (Phi) is 13.1. The summed E-state index contributed by atoms with van der Waals surface area (Å²) in [5.41, 5.74) is 1.46. The number of carbonyl (C=O) groups is 2. The van der Waals surface area contributed by atoms with E-state index in [1.54, 1.807) is 12.0 Å². The summed E-state index contributed by atoms with van der Waals surface area (Å²) in [6, 6.07) is 22.6. The number of carbonyl (C=O) groups excluding carboxylic acids is 2. The fourth-order valence-electron chi connectivity index (χ4n) is 5.65. The molecule has 0 spiro atoms. The Morgan fingerprint density at radius 2 is 1.58 bits per heavy atom. The lowest BCUT2D eigenvalue weighted by Gasteiger charge is -2.37. The third-order valence-corrected chi connectivity index (χ3v) is 14.0. The van der Waals surface area contributed by atoms with Gasteiger partial charge in [0.05, 0.1) is 32.4 Å². The van der Waals surface area contributed by atoms with Crippen LogP contribution in [0.1, 0.15) is 72.1 Å². The van der Waals surface area contributed by atoms with Gasteiger partial charge in [-0.2, -0.15) is 0 Å². The highest BCUT2D eigenvalue weighted by molar-refractivity contribution is 6.74. The summed E-state index contributed by atoms with van der Waals surface area (Å²) >= 11 is 0. The van der Waals surface area contributed by atoms with Gasteiger partial charge in [0.1, 0.15) is 23.7 Å². The van der Waals surface area contributed by atoms with E-state index in [4.69, 9.17) is 28.1 Å². The van der Waals surface area contributed by atoms with Crippen molar-refractivity contribution in [2.24, 2.45) is 0 Å². The minimum absolute atomic E-state index is 0.0377. The van der Waals surface area contributed by atoms with E-state index in [1.807, 2.05) is 107 Å². The number of hydrogen-bond acceptors (Lipinski definition) is 8. The van der Waals surface area contributed by atoms with Gasteiger partial charge in [0.2, 0.25) is 0 Å². The highest BCUT2D eigenvalue weighted by atomic mass is 28.4. The minimum atomic E-state index is -2.05. The molecule has 1 saturated heterocycles. The predicted molar refractivity (Wildman–Crippen MR) is 206 cm³/mol. The van der Waals surface area contributed by atoms with Gasteiger partial charge in [-0.1, -0.05) is 69.3 Å². The standard InChI is InChI=1S/C41H58N2O8Si/c1-39(2,3)51-37(44)42-32(27-49-52(10,11)40(4,5)6)23-29-17-20-34(21-18-29)50-36-25-31(19-22-35(36)46-9)24-33-28-48-41(7,8)43(33)38(45)47-26-30-15-13-12-14-16-30/h12-22,25,32-33H,23-24,26-28H2,1-11H3,(H,42,44)/t32-,33-/m0/s1. The van der Waals surface area contributed by atoms with Crippen molar-refractivity contribution in [1.29, 1.82) is 0 Å². The molecule has 0 radical (unpaired) electrons. The first-order valence-electron chi connectivity index (χ1n) is 18.0. The maximum Gasteiger partial charge on any atom is 0.412 e. The lowest BCUT2D eigenvalue weighted by molar-refractivity contribution is -0.0491. The molecule has 0 bridgehead atoms. The molecule has 1 N–H and O–H groups in total. The van der Waals surface area contributed by atoms with Gasteiger partial charge in [-0.15, -0.1) is 0 Å². The fraction of sp³-hybridized carbons (Fsp3) is 0.512. The molecule has 0 aliphatic carbocycles. The molecular weight excluding hydrogens is 677 g/mol. The van der Waals surface area contributed by atoms with Crippen LogP contribution in [0.5, 0.6) is 17.2 Å². The van der Waals surface area contributed by atoms with E-state index >= 15 is 0 Å². The highest BCUT2D eigenvalue weighted by Gasteiger charge is 2.45. The van der Waals surface area contributed by atoms with Crippen molar-refractivity contribution in [3.8, 4) is 17.2 Å². The van der Waals surface area contributed by atoms with Crippen molar-refractivity contribution in [3.05, 3.63) is 89.5 Å². The normalized spacial score (nSPS) is 16.6. The molecule has 11 heteroatoms. The third kappa shape index (κ3) is 11.5. The van der Waals surface area contributed by atoms with Crippen molar-refractivity contribution >= 4 is 20.5 Å². The van der Waals surface area contributed by atoms with Crippen LogP contribution < -0.4 is 14.8 Å². The Balaban J connectivity index is 1.45.